The van der Waals surface area contributed by atoms with Crippen LogP contribution in [0.25, 0.3) is 0 Å². The molecule has 0 unspecified atom stereocenters. The van der Waals surface area contributed by atoms with Gasteiger partial charge in [0.25, 0.3) is 0 Å². The van der Waals surface area contributed by atoms with Gasteiger partial charge in [0.1, 0.15) is 18.2 Å². The number of imidazole rings is 1. The summed E-state index contributed by atoms with van der Waals surface area (Å²) in [6.07, 6.45) is 1.54. The van der Waals surface area contributed by atoms with E-state index >= 15 is 0 Å². The van der Waals surface area contributed by atoms with Crippen molar-refractivity contribution in [2.75, 3.05) is 0 Å². The van der Waals surface area contributed by atoms with E-state index in [0.717, 1.165) is 5.75 Å². The Morgan fingerprint density at radius 1 is 1.37 bits per heavy atom. The first-order valence-corrected chi connectivity index (χ1v) is 5.97. The molecule has 1 aromatic heterocycles. The standard InChI is InChI=1S/C14H16N2O3/c1-10-3-5-12(6-4-10)19-9-13-15-8-11(16(13)2)7-14(17)18/h3-6,8H,7,9H2,1-2H3,(H,17,18). The second-order valence-electron chi connectivity index (χ2n) is 4.40. The van der Waals surface area contributed by atoms with Gasteiger partial charge in [0, 0.05) is 18.9 Å². The summed E-state index contributed by atoms with van der Waals surface area (Å²) >= 11 is 0. The zero-order valence-corrected chi connectivity index (χ0v) is 11.0. The van der Waals surface area contributed by atoms with Crippen LogP contribution in [0.3, 0.4) is 0 Å². The lowest BCUT2D eigenvalue weighted by Gasteiger charge is -2.07. The van der Waals surface area contributed by atoms with Crippen molar-refractivity contribution in [1.29, 1.82) is 0 Å². The van der Waals surface area contributed by atoms with Crippen LogP contribution in [0.1, 0.15) is 17.1 Å². The molecular formula is C14H16N2O3. The molecule has 0 aliphatic heterocycles. The van der Waals surface area contributed by atoms with Gasteiger partial charge < -0.3 is 14.4 Å². The van der Waals surface area contributed by atoms with Gasteiger partial charge in [-0.05, 0) is 19.1 Å². The Morgan fingerprint density at radius 2 is 2.05 bits per heavy atom. The molecule has 0 atom stereocenters. The second-order valence-corrected chi connectivity index (χ2v) is 4.40. The van der Waals surface area contributed by atoms with E-state index in [-0.39, 0.29) is 6.42 Å². The van der Waals surface area contributed by atoms with Crippen molar-refractivity contribution in [1.82, 2.24) is 9.55 Å². The number of aliphatic carboxylic acids is 1. The molecule has 2 aromatic rings. The number of ether oxygens (including phenoxy) is 1. The van der Waals surface area contributed by atoms with Gasteiger partial charge in [-0.1, -0.05) is 17.7 Å². The molecule has 1 heterocycles. The number of aryl methyl sites for hydroxylation is 1. The highest BCUT2D eigenvalue weighted by atomic mass is 16.5. The first kappa shape index (κ1) is 13.1. The number of aromatic nitrogens is 2. The number of benzene rings is 1. The first-order chi connectivity index (χ1) is 9.06. The van der Waals surface area contributed by atoms with Crippen molar-refractivity contribution in [2.45, 2.75) is 20.0 Å². The average Bonchev–Trinajstić information content (AvgIpc) is 2.70. The molecule has 1 N–H and O–H groups in total. The molecule has 0 spiro atoms. The fourth-order valence-corrected chi connectivity index (χ4v) is 1.72. The summed E-state index contributed by atoms with van der Waals surface area (Å²) in [7, 11) is 1.79. The average molecular weight is 260 g/mol. The Labute approximate surface area is 111 Å². The zero-order chi connectivity index (χ0) is 13.8. The van der Waals surface area contributed by atoms with Crippen molar-refractivity contribution < 1.29 is 14.6 Å². The maximum Gasteiger partial charge on any atom is 0.309 e. The lowest BCUT2D eigenvalue weighted by atomic mass is 10.2. The van der Waals surface area contributed by atoms with Crippen LogP contribution in [-0.4, -0.2) is 20.6 Å². The normalized spacial score (nSPS) is 10.4. The fraction of sp³-hybridized carbons (Fsp3) is 0.286. The highest BCUT2D eigenvalue weighted by Crippen LogP contribution is 2.13. The van der Waals surface area contributed by atoms with E-state index in [9.17, 15) is 4.79 Å². The van der Waals surface area contributed by atoms with Crippen molar-refractivity contribution in [2.24, 2.45) is 7.05 Å². The third kappa shape index (κ3) is 3.34. The van der Waals surface area contributed by atoms with Gasteiger partial charge in [-0.2, -0.15) is 0 Å². The van der Waals surface area contributed by atoms with Crippen LogP contribution in [-0.2, 0) is 24.9 Å². The van der Waals surface area contributed by atoms with E-state index in [1.54, 1.807) is 17.8 Å². The highest BCUT2D eigenvalue weighted by Gasteiger charge is 2.10. The number of carbonyl (C=O) groups is 1. The monoisotopic (exact) mass is 260 g/mol. The maximum atomic E-state index is 10.7. The smallest absolute Gasteiger partial charge is 0.309 e. The van der Waals surface area contributed by atoms with E-state index in [4.69, 9.17) is 9.84 Å². The Kier molecular flexibility index (Phi) is 3.85. The van der Waals surface area contributed by atoms with Gasteiger partial charge in [0.2, 0.25) is 0 Å². The quantitative estimate of drug-likeness (QED) is 0.892. The van der Waals surface area contributed by atoms with Gasteiger partial charge in [-0.25, -0.2) is 4.98 Å². The van der Waals surface area contributed by atoms with Gasteiger partial charge >= 0.3 is 5.97 Å². The van der Waals surface area contributed by atoms with Crippen molar-refractivity contribution in [3.05, 3.63) is 47.5 Å². The van der Waals surface area contributed by atoms with E-state index in [1.807, 2.05) is 31.2 Å². The number of carboxylic acid groups (broad SMARTS) is 1. The molecule has 0 bridgehead atoms. The molecule has 5 heteroatoms. The third-order valence-electron chi connectivity index (χ3n) is 2.90. The molecule has 0 fully saturated rings. The lowest BCUT2D eigenvalue weighted by Crippen LogP contribution is -2.09. The number of carboxylic acids is 1. The van der Waals surface area contributed by atoms with Gasteiger partial charge in [0.15, 0.2) is 0 Å². The minimum Gasteiger partial charge on any atom is -0.486 e. The van der Waals surface area contributed by atoms with Gasteiger partial charge in [0.05, 0.1) is 6.42 Å². The van der Waals surface area contributed by atoms with E-state index < -0.39 is 5.97 Å². The Bertz CT molecular complexity index is 573. The van der Waals surface area contributed by atoms with Crippen molar-refractivity contribution in [3.63, 3.8) is 0 Å². The van der Waals surface area contributed by atoms with Gasteiger partial charge in [-0.15, -0.1) is 0 Å². The molecule has 0 amide bonds. The molecule has 100 valence electrons. The van der Waals surface area contributed by atoms with E-state index in [2.05, 4.69) is 4.98 Å². The summed E-state index contributed by atoms with van der Waals surface area (Å²) in [5, 5.41) is 8.76. The highest BCUT2D eigenvalue weighted by molar-refractivity contribution is 5.69. The molecule has 5 nitrogen and oxygen atoms in total. The van der Waals surface area contributed by atoms with Crippen LogP contribution >= 0.6 is 0 Å². The number of hydrogen-bond acceptors (Lipinski definition) is 3. The predicted molar refractivity (Wildman–Crippen MR) is 70.1 cm³/mol. The number of hydrogen-bond donors (Lipinski definition) is 1. The Hall–Kier alpha value is -2.30. The van der Waals surface area contributed by atoms with Crippen molar-refractivity contribution in [3.8, 4) is 5.75 Å². The van der Waals surface area contributed by atoms with Crippen molar-refractivity contribution >= 4 is 5.97 Å². The van der Waals surface area contributed by atoms with Crippen LogP contribution in [0.2, 0.25) is 0 Å². The zero-order valence-electron chi connectivity index (χ0n) is 11.0. The fourth-order valence-electron chi connectivity index (χ4n) is 1.72. The van der Waals surface area contributed by atoms with Gasteiger partial charge in [-0.3, -0.25) is 4.79 Å². The molecule has 0 radical (unpaired) electrons. The minimum atomic E-state index is -0.867. The molecule has 0 aliphatic rings. The van der Waals surface area contributed by atoms with E-state index in [1.165, 1.54) is 5.56 Å². The summed E-state index contributed by atoms with van der Waals surface area (Å²) in [5.41, 5.74) is 1.84. The van der Waals surface area contributed by atoms with Crippen LogP contribution in [0.5, 0.6) is 5.75 Å². The molecule has 0 saturated heterocycles. The number of nitrogens with zero attached hydrogens (tertiary/aromatic N) is 2. The molecule has 2 rings (SSSR count). The molecule has 0 aliphatic carbocycles. The van der Waals surface area contributed by atoms with Crippen LogP contribution < -0.4 is 4.74 Å². The largest absolute Gasteiger partial charge is 0.486 e. The van der Waals surface area contributed by atoms with Crippen LogP contribution in [0.15, 0.2) is 30.5 Å². The topological polar surface area (TPSA) is 64.3 Å². The predicted octanol–water partition coefficient (Wildman–Crippen LogP) is 1.93. The minimum absolute atomic E-state index is 0.0337. The summed E-state index contributed by atoms with van der Waals surface area (Å²) in [4.78, 5) is 14.8. The summed E-state index contributed by atoms with van der Waals surface area (Å²) in [5.74, 6) is 0.610. The Morgan fingerprint density at radius 3 is 2.68 bits per heavy atom. The molecular weight excluding hydrogens is 244 g/mol. The third-order valence-corrected chi connectivity index (χ3v) is 2.90. The van der Waals surface area contributed by atoms with Crippen LogP contribution in [0.4, 0.5) is 0 Å². The molecule has 0 saturated carbocycles. The Balaban J connectivity index is 2.01. The summed E-state index contributed by atoms with van der Waals surface area (Å²) in [6.45, 7) is 2.33. The van der Waals surface area contributed by atoms with E-state index in [0.29, 0.717) is 18.1 Å². The molecule has 19 heavy (non-hydrogen) atoms. The maximum absolute atomic E-state index is 10.7. The summed E-state index contributed by atoms with van der Waals surface area (Å²) in [6, 6.07) is 7.75. The van der Waals surface area contributed by atoms with Crippen LogP contribution in [0, 0.1) is 6.92 Å². The molecule has 1 aromatic carbocycles. The summed E-state index contributed by atoms with van der Waals surface area (Å²) < 4.78 is 7.37. The first-order valence-electron chi connectivity index (χ1n) is 5.97. The number of rotatable bonds is 5. The lowest BCUT2D eigenvalue weighted by molar-refractivity contribution is -0.136. The second kappa shape index (κ2) is 5.56. The SMILES string of the molecule is Cc1ccc(OCc2ncc(CC(=O)O)n2C)cc1.